The van der Waals surface area contributed by atoms with Crippen LogP contribution in [0.4, 0.5) is 5.69 Å². The number of benzene rings is 2. The van der Waals surface area contributed by atoms with Crippen LogP contribution >= 0.6 is 0 Å². The Kier molecular flexibility index (Phi) is 6.11. The molecule has 1 atom stereocenters. The second kappa shape index (κ2) is 9.28. The zero-order valence-corrected chi connectivity index (χ0v) is 21.5. The standard InChI is InChI=1S/C29H29N3O5/c1-16-12-21(18(3)30-23-9-7-6-8-20(23)29(35)36-5)27-22(13-16)25(33)17(2)26(37-27)19-14-24-28(34)31(4)10-11-32(24)15-19/h6-9,12-15,18,30H,10-11H2,1-5H3. The van der Waals surface area contributed by atoms with E-state index in [-0.39, 0.29) is 17.4 Å². The van der Waals surface area contributed by atoms with Gasteiger partial charge in [0.05, 0.1) is 24.1 Å². The Bertz CT molecular complexity index is 1610. The second-order valence-corrected chi connectivity index (χ2v) is 9.55. The van der Waals surface area contributed by atoms with Crippen LogP contribution in [0, 0.1) is 13.8 Å². The molecule has 2 aromatic carbocycles. The minimum atomic E-state index is -0.438. The molecule has 1 N–H and O–H groups in total. The number of methoxy groups -OCH3 is 1. The molecule has 3 heterocycles. The van der Waals surface area contributed by atoms with Crippen molar-refractivity contribution in [2.45, 2.75) is 33.4 Å². The molecule has 1 aliphatic heterocycles. The molecule has 8 heteroatoms. The zero-order chi connectivity index (χ0) is 26.4. The van der Waals surface area contributed by atoms with Crippen LogP contribution in [-0.2, 0) is 11.3 Å². The molecule has 0 saturated carbocycles. The first-order valence-corrected chi connectivity index (χ1v) is 12.2. The van der Waals surface area contributed by atoms with E-state index >= 15 is 0 Å². The SMILES string of the molecule is COC(=O)c1ccccc1NC(C)c1cc(C)cc2c(=O)c(C)c(-c3cc4n(c3)CCN(C)C4=O)oc12. The van der Waals surface area contributed by atoms with Crippen molar-refractivity contribution >= 4 is 28.5 Å². The van der Waals surface area contributed by atoms with E-state index in [1.807, 2.05) is 48.9 Å². The Labute approximate surface area is 214 Å². The summed E-state index contributed by atoms with van der Waals surface area (Å²) in [5, 5.41) is 3.88. The van der Waals surface area contributed by atoms with Gasteiger partial charge in [-0.2, -0.15) is 0 Å². The summed E-state index contributed by atoms with van der Waals surface area (Å²) in [7, 11) is 3.13. The third-order valence-corrected chi connectivity index (χ3v) is 6.96. The molecule has 0 radical (unpaired) electrons. The van der Waals surface area contributed by atoms with Crippen LogP contribution in [0.5, 0.6) is 0 Å². The number of para-hydroxylation sites is 1. The molecule has 5 rings (SSSR count). The maximum absolute atomic E-state index is 13.5. The lowest BCUT2D eigenvalue weighted by Gasteiger charge is -2.24. The van der Waals surface area contributed by atoms with Crippen LogP contribution < -0.4 is 10.7 Å². The van der Waals surface area contributed by atoms with Crippen molar-refractivity contribution in [3.05, 3.63) is 86.8 Å². The number of rotatable bonds is 5. The smallest absolute Gasteiger partial charge is 0.339 e. The van der Waals surface area contributed by atoms with Crippen molar-refractivity contribution in [2.24, 2.45) is 0 Å². The first-order valence-electron chi connectivity index (χ1n) is 12.2. The van der Waals surface area contributed by atoms with Gasteiger partial charge in [0.15, 0.2) is 5.43 Å². The van der Waals surface area contributed by atoms with Crippen LogP contribution in [0.25, 0.3) is 22.3 Å². The molecule has 0 bridgehead atoms. The third kappa shape index (κ3) is 4.18. The van der Waals surface area contributed by atoms with Gasteiger partial charge in [-0.3, -0.25) is 9.59 Å². The van der Waals surface area contributed by atoms with Gasteiger partial charge in [-0.1, -0.05) is 18.2 Å². The fraction of sp³-hybridized carbons (Fsp3) is 0.276. The number of amides is 1. The molecular weight excluding hydrogens is 470 g/mol. The third-order valence-electron chi connectivity index (χ3n) is 6.96. The first-order chi connectivity index (χ1) is 17.7. The lowest BCUT2D eigenvalue weighted by atomic mass is 9.99. The van der Waals surface area contributed by atoms with E-state index in [2.05, 4.69) is 5.32 Å². The maximum Gasteiger partial charge on any atom is 0.339 e. The number of carbonyl (C=O) groups excluding carboxylic acids is 2. The van der Waals surface area contributed by atoms with E-state index in [1.54, 1.807) is 37.1 Å². The number of carbonyl (C=O) groups is 2. The van der Waals surface area contributed by atoms with Crippen molar-refractivity contribution in [1.29, 1.82) is 0 Å². The average Bonchev–Trinajstić information content (AvgIpc) is 3.33. The summed E-state index contributed by atoms with van der Waals surface area (Å²) in [5.74, 6) is -0.0504. The number of nitrogens with zero attached hydrogens (tertiary/aromatic N) is 2. The van der Waals surface area contributed by atoms with E-state index in [9.17, 15) is 14.4 Å². The number of ether oxygens (including phenoxy) is 1. The minimum Gasteiger partial charge on any atom is -0.465 e. The highest BCUT2D eigenvalue weighted by Gasteiger charge is 2.25. The van der Waals surface area contributed by atoms with Gasteiger partial charge in [-0.25, -0.2) is 4.79 Å². The fourth-order valence-electron chi connectivity index (χ4n) is 4.93. The molecule has 0 saturated heterocycles. The Hall–Kier alpha value is -4.33. The van der Waals surface area contributed by atoms with Gasteiger partial charge in [0, 0.05) is 48.7 Å². The van der Waals surface area contributed by atoms with Gasteiger partial charge in [-0.15, -0.1) is 0 Å². The largest absolute Gasteiger partial charge is 0.465 e. The zero-order valence-electron chi connectivity index (χ0n) is 21.5. The van der Waals surface area contributed by atoms with Gasteiger partial charge in [-0.05, 0) is 50.6 Å². The number of aryl methyl sites for hydroxylation is 1. The van der Waals surface area contributed by atoms with Crippen molar-refractivity contribution in [3.8, 4) is 11.3 Å². The number of hydrogen-bond acceptors (Lipinski definition) is 6. The molecule has 0 spiro atoms. The predicted molar refractivity (Wildman–Crippen MR) is 142 cm³/mol. The highest BCUT2D eigenvalue weighted by Crippen LogP contribution is 2.34. The molecule has 37 heavy (non-hydrogen) atoms. The number of esters is 1. The number of nitrogens with one attached hydrogen (secondary N) is 1. The van der Waals surface area contributed by atoms with Crippen LogP contribution in [0.3, 0.4) is 0 Å². The summed E-state index contributed by atoms with van der Waals surface area (Å²) in [6.07, 6.45) is 1.87. The van der Waals surface area contributed by atoms with Crippen LogP contribution in [0.1, 0.15) is 50.5 Å². The topological polar surface area (TPSA) is 93.8 Å². The molecule has 0 fully saturated rings. The van der Waals surface area contributed by atoms with Crippen LogP contribution in [-0.4, -0.2) is 42.0 Å². The molecule has 1 aliphatic rings. The van der Waals surface area contributed by atoms with E-state index in [0.717, 1.165) is 11.1 Å². The lowest BCUT2D eigenvalue weighted by Crippen LogP contribution is -2.36. The Morgan fingerprint density at radius 3 is 2.62 bits per heavy atom. The predicted octanol–water partition coefficient (Wildman–Crippen LogP) is 4.92. The van der Waals surface area contributed by atoms with E-state index < -0.39 is 5.97 Å². The summed E-state index contributed by atoms with van der Waals surface area (Å²) >= 11 is 0. The summed E-state index contributed by atoms with van der Waals surface area (Å²) < 4.78 is 13.3. The Balaban J connectivity index is 1.64. The number of fused-ring (bicyclic) bond motifs is 2. The van der Waals surface area contributed by atoms with Crippen molar-refractivity contribution < 1.29 is 18.7 Å². The maximum atomic E-state index is 13.5. The molecule has 0 aliphatic carbocycles. The number of aromatic nitrogens is 1. The van der Waals surface area contributed by atoms with E-state index in [1.165, 1.54) is 7.11 Å². The Morgan fingerprint density at radius 2 is 1.86 bits per heavy atom. The van der Waals surface area contributed by atoms with Gasteiger partial charge >= 0.3 is 5.97 Å². The fourth-order valence-corrected chi connectivity index (χ4v) is 4.93. The van der Waals surface area contributed by atoms with Gasteiger partial charge in [0.1, 0.15) is 17.0 Å². The second-order valence-electron chi connectivity index (χ2n) is 9.55. The molecule has 190 valence electrons. The average molecular weight is 500 g/mol. The Morgan fingerprint density at radius 1 is 1.11 bits per heavy atom. The summed E-state index contributed by atoms with van der Waals surface area (Å²) in [4.78, 5) is 40.1. The monoisotopic (exact) mass is 499 g/mol. The quantitative estimate of drug-likeness (QED) is 0.392. The number of anilines is 1. The summed E-state index contributed by atoms with van der Waals surface area (Å²) in [6.45, 7) is 6.94. The molecule has 8 nitrogen and oxygen atoms in total. The highest BCUT2D eigenvalue weighted by atomic mass is 16.5. The van der Waals surface area contributed by atoms with E-state index in [0.29, 0.717) is 57.9 Å². The summed E-state index contributed by atoms with van der Waals surface area (Å²) in [6, 6.07) is 12.4. The molecule has 2 aromatic heterocycles. The summed E-state index contributed by atoms with van der Waals surface area (Å²) in [5.41, 5.74) is 4.86. The molecule has 1 unspecified atom stereocenters. The number of likely N-dealkylation sites (N-methyl/N-ethyl adjacent to an activating group) is 1. The highest BCUT2D eigenvalue weighted by molar-refractivity contribution is 5.96. The van der Waals surface area contributed by atoms with Crippen LogP contribution in [0.15, 0.2) is 57.9 Å². The van der Waals surface area contributed by atoms with Crippen molar-refractivity contribution in [1.82, 2.24) is 9.47 Å². The van der Waals surface area contributed by atoms with Crippen molar-refractivity contribution in [2.75, 3.05) is 26.0 Å². The minimum absolute atomic E-state index is 0.0586. The van der Waals surface area contributed by atoms with Gasteiger partial charge in [0.25, 0.3) is 5.91 Å². The molecular formula is C29H29N3O5. The van der Waals surface area contributed by atoms with E-state index in [4.69, 9.17) is 9.15 Å². The van der Waals surface area contributed by atoms with Gasteiger partial charge in [0.2, 0.25) is 0 Å². The van der Waals surface area contributed by atoms with Gasteiger partial charge < -0.3 is 23.9 Å². The number of hydrogen-bond donors (Lipinski definition) is 1. The molecule has 1 amide bonds. The normalized spacial score (nSPS) is 14.0. The molecule has 4 aromatic rings. The van der Waals surface area contributed by atoms with Crippen LogP contribution in [0.2, 0.25) is 0 Å². The van der Waals surface area contributed by atoms with Crippen molar-refractivity contribution in [3.63, 3.8) is 0 Å². The lowest BCUT2D eigenvalue weighted by molar-refractivity contribution is 0.0601. The first kappa shape index (κ1) is 24.4.